The van der Waals surface area contributed by atoms with Gasteiger partial charge in [-0.1, -0.05) is 42.5 Å². The summed E-state index contributed by atoms with van der Waals surface area (Å²) in [5, 5.41) is 1.79. The van der Waals surface area contributed by atoms with Crippen LogP contribution in [0, 0.1) is 0 Å². The lowest BCUT2D eigenvalue weighted by molar-refractivity contribution is -0.139. The average Bonchev–Trinajstić information content (AvgIpc) is 3.20. The molecule has 2 saturated heterocycles. The number of carbonyl (C=O) groups excluding carboxylic acids is 3. The van der Waals surface area contributed by atoms with Gasteiger partial charge in [0.05, 0.1) is 29.2 Å². The lowest BCUT2D eigenvalue weighted by Gasteiger charge is -2.28. The number of nitrogens with zero attached hydrogens (tertiary/aromatic N) is 2. The van der Waals surface area contributed by atoms with Crippen molar-refractivity contribution in [3.63, 3.8) is 0 Å². The molecule has 0 unspecified atom stereocenters. The summed E-state index contributed by atoms with van der Waals surface area (Å²) < 4.78 is 18.0. The monoisotopic (exact) mass is 610 g/mol. The van der Waals surface area contributed by atoms with Gasteiger partial charge in [-0.25, -0.2) is 0 Å². The highest BCUT2D eigenvalue weighted by atomic mass is 79.9. The molecule has 10 heteroatoms. The topological polar surface area (TPSA) is 85.4 Å². The van der Waals surface area contributed by atoms with E-state index in [2.05, 4.69) is 34.1 Å². The lowest BCUT2D eigenvalue weighted by Crippen LogP contribution is -2.46. The molecule has 0 spiro atoms. The van der Waals surface area contributed by atoms with E-state index < -0.39 is 11.1 Å². The van der Waals surface area contributed by atoms with Crippen molar-refractivity contribution in [3.8, 4) is 11.5 Å². The molecule has 2 aliphatic rings. The Balaban J connectivity index is 1.34. The second-order valence-corrected chi connectivity index (χ2v) is 10.8. The maximum Gasteiger partial charge on any atom is 0.294 e. The summed E-state index contributed by atoms with van der Waals surface area (Å²) in [5.41, 5.74) is 1.71. The molecule has 3 aromatic carbocycles. The number of halogens is 1. The van der Waals surface area contributed by atoms with Gasteiger partial charge >= 0.3 is 0 Å². The van der Waals surface area contributed by atoms with Crippen LogP contribution in [0.25, 0.3) is 16.8 Å². The summed E-state index contributed by atoms with van der Waals surface area (Å²) in [7, 11) is 0. The van der Waals surface area contributed by atoms with Gasteiger partial charge < -0.3 is 19.1 Å². The largest absolute Gasteiger partial charge is 0.490 e. The van der Waals surface area contributed by atoms with Crippen LogP contribution in [-0.2, 0) is 20.9 Å². The van der Waals surface area contributed by atoms with Gasteiger partial charge in [0.1, 0.15) is 13.2 Å². The first-order chi connectivity index (χ1) is 18.9. The molecule has 0 radical (unpaired) electrons. The van der Waals surface area contributed by atoms with Gasteiger partial charge in [0.25, 0.3) is 11.1 Å². The van der Waals surface area contributed by atoms with Gasteiger partial charge in [0.2, 0.25) is 5.91 Å². The van der Waals surface area contributed by atoms with E-state index >= 15 is 0 Å². The maximum absolute atomic E-state index is 13.0. The number of carbonyl (C=O) groups is 3. The SMILES string of the molecule is CCOc1cc(/C=C2/SC(=O)N(CC(=O)N3CCOCC3)C2=O)cc(Br)c1OCc1cccc2ccccc12. The van der Waals surface area contributed by atoms with E-state index in [1.54, 1.807) is 17.0 Å². The predicted octanol–water partition coefficient (Wildman–Crippen LogP) is 5.48. The highest BCUT2D eigenvalue weighted by Crippen LogP contribution is 2.40. The first-order valence-electron chi connectivity index (χ1n) is 12.6. The number of morpholine rings is 1. The number of amides is 3. The number of fused-ring (bicyclic) bond motifs is 1. The van der Waals surface area contributed by atoms with Crippen LogP contribution in [0.2, 0.25) is 0 Å². The first kappa shape index (κ1) is 27.2. The smallest absolute Gasteiger partial charge is 0.294 e. The minimum Gasteiger partial charge on any atom is -0.490 e. The van der Waals surface area contributed by atoms with Gasteiger partial charge in [0, 0.05) is 13.1 Å². The Hall–Kier alpha value is -3.34. The fourth-order valence-electron chi connectivity index (χ4n) is 4.48. The summed E-state index contributed by atoms with van der Waals surface area (Å²) in [6.45, 7) is 4.17. The molecule has 202 valence electrons. The second-order valence-electron chi connectivity index (χ2n) is 8.95. The van der Waals surface area contributed by atoms with E-state index in [4.69, 9.17) is 14.2 Å². The zero-order chi connectivity index (χ0) is 27.4. The quantitative estimate of drug-likeness (QED) is 0.312. The predicted molar refractivity (Wildman–Crippen MR) is 154 cm³/mol. The van der Waals surface area contributed by atoms with E-state index in [0.29, 0.717) is 61.1 Å². The first-order valence-corrected chi connectivity index (χ1v) is 14.2. The Bertz CT molecular complexity index is 1450. The summed E-state index contributed by atoms with van der Waals surface area (Å²) in [6, 6.07) is 17.8. The molecule has 0 saturated carbocycles. The van der Waals surface area contributed by atoms with Crippen LogP contribution in [-0.4, -0.2) is 66.3 Å². The molecule has 0 N–H and O–H groups in total. The summed E-state index contributed by atoms with van der Waals surface area (Å²) in [6.07, 6.45) is 1.63. The summed E-state index contributed by atoms with van der Waals surface area (Å²) in [5.74, 6) is 0.305. The minimum atomic E-state index is -0.489. The fourth-order valence-corrected chi connectivity index (χ4v) is 5.89. The molecule has 39 heavy (non-hydrogen) atoms. The highest BCUT2D eigenvalue weighted by molar-refractivity contribution is 9.10. The standard InChI is InChI=1S/C29H27BrN2O6S/c1-2-37-24-15-19(14-23(30)27(24)38-18-21-8-5-7-20-6-3-4-9-22(20)21)16-25-28(34)32(29(35)39-25)17-26(33)31-10-12-36-13-11-31/h3-9,14-16H,2,10-13,17-18H2,1H3/b25-16+. The van der Waals surface area contributed by atoms with Gasteiger partial charge in [0.15, 0.2) is 11.5 Å². The van der Waals surface area contributed by atoms with Crippen LogP contribution in [0.5, 0.6) is 11.5 Å². The minimum absolute atomic E-state index is 0.244. The van der Waals surface area contributed by atoms with Gasteiger partial charge in [-0.05, 0) is 74.7 Å². The van der Waals surface area contributed by atoms with Crippen molar-refractivity contribution in [2.45, 2.75) is 13.5 Å². The van der Waals surface area contributed by atoms with Crippen LogP contribution >= 0.6 is 27.7 Å². The zero-order valence-corrected chi connectivity index (χ0v) is 23.8. The third kappa shape index (κ3) is 6.13. The van der Waals surface area contributed by atoms with Crippen LogP contribution in [0.15, 0.2) is 64.0 Å². The number of rotatable bonds is 8. The van der Waals surface area contributed by atoms with Crippen LogP contribution in [0.4, 0.5) is 4.79 Å². The van der Waals surface area contributed by atoms with Crippen LogP contribution in [0.3, 0.4) is 0 Å². The molecule has 2 fully saturated rings. The van der Waals surface area contributed by atoms with Gasteiger partial charge in [-0.2, -0.15) is 0 Å². The van der Waals surface area contributed by atoms with Gasteiger partial charge in [-0.3, -0.25) is 19.3 Å². The molecule has 2 aliphatic heterocycles. The molecular formula is C29H27BrN2O6S. The lowest BCUT2D eigenvalue weighted by atomic mass is 10.1. The number of imide groups is 1. The number of hydrogen-bond acceptors (Lipinski definition) is 7. The molecule has 3 amide bonds. The summed E-state index contributed by atoms with van der Waals surface area (Å²) >= 11 is 4.41. The molecule has 0 atom stereocenters. The second kappa shape index (κ2) is 12.2. The van der Waals surface area contributed by atoms with Crippen LogP contribution in [0.1, 0.15) is 18.1 Å². The van der Waals surface area contributed by atoms with E-state index in [0.717, 1.165) is 33.0 Å². The molecule has 0 aromatic heterocycles. The van der Waals surface area contributed by atoms with E-state index in [1.165, 1.54) is 0 Å². The van der Waals surface area contributed by atoms with Crippen molar-refractivity contribution >= 4 is 61.6 Å². The van der Waals surface area contributed by atoms with Crippen molar-refractivity contribution in [1.29, 1.82) is 0 Å². The van der Waals surface area contributed by atoms with Crippen molar-refractivity contribution in [2.75, 3.05) is 39.5 Å². The molecular weight excluding hydrogens is 584 g/mol. The van der Waals surface area contributed by atoms with Crippen molar-refractivity contribution in [1.82, 2.24) is 9.80 Å². The molecule has 5 rings (SSSR count). The van der Waals surface area contributed by atoms with Crippen LogP contribution < -0.4 is 9.47 Å². The Morgan fingerprint density at radius 3 is 2.64 bits per heavy atom. The average molecular weight is 612 g/mol. The Morgan fingerprint density at radius 2 is 1.85 bits per heavy atom. The Morgan fingerprint density at radius 1 is 1.08 bits per heavy atom. The van der Waals surface area contributed by atoms with Gasteiger partial charge in [-0.15, -0.1) is 0 Å². The number of ether oxygens (including phenoxy) is 3. The van der Waals surface area contributed by atoms with E-state index in [-0.39, 0.29) is 17.4 Å². The highest BCUT2D eigenvalue weighted by Gasteiger charge is 2.37. The third-order valence-corrected chi connectivity index (χ3v) is 7.91. The molecule has 3 aromatic rings. The molecule has 8 nitrogen and oxygen atoms in total. The fraction of sp³-hybridized carbons (Fsp3) is 0.276. The summed E-state index contributed by atoms with van der Waals surface area (Å²) in [4.78, 5) is 41.1. The number of benzene rings is 3. The zero-order valence-electron chi connectivity index (χ0n) is 21.4. The third-order valence-electron chi connectivity index (χ3n) is 6.41. The van der Waals surface area contributed by atoms with Crippen molar-refractivity contribution in [2.24, 2.45) is 0 Å². The molecule has 0 bridgehead atoms. The molecule has 2 heterocycles. The van der Waals surface area contributed by atoms with Crippen molar-refractivity contribution in [3.05, 3.63) is 75.1 Å². The number of hydrogen-bond donors (Lipinski definition) is 0. The Labute approximate surface area is 239 Å². The van der Waals surface area contributed by atoms with E-state index in [1.807, 2.05) is 37.3 Å². The molecule has 0 aliphatic carbocycles. The maximum atomic E-state index is 13.0. The normalized spacial score (nSPS) is 16.8. The number of thioether (sulfide) groups is 1. The van der Waals surface area contributed by atoms with Crippen molar-refractivity contribution < 1.29 is 28.6 Å². The van der Waals surface area contributed by atoms with E-state index in [9.17, 15) is 14.4 Å². The Kier molecular flexibility index (Phi) is 8.54.